The third kappa shape index (κ3) is 3.61. The Hall–Kier alpha value is -4.52. The summed E-state index contributed by atoms with van der Waals surface area (Å²) < 4.78 is 10.7. The molecule has 1 amide bonds. The lowest BCUT2D eigenvalue weighted by Gasteiger charge is -2.25. The summed E-state index contributed by atoms with van der Waals surface area (Å²) in [5.74, 6) is -0.862. The van der Waals surface area contributed by atoms with Crippen molar-refractivity contribution in [1.82, 2.24) is 4.98 Å². The zero-order valence-corrected chi connectivity index (χ0v) is 19.5. The van der Waals surface area contributed by atoms with Gasteiger partial charge in [-0.15, -0.1) is 0 Å². The first kappa shape index (κ1) is 22.3. The number of aromatic nitrogens is 1. The Morgan fingerprint density at radius 2 is 1.66 bits per heavy atom. The fraction of sp³-hybridized carbons (Fsp3) is 0.143. The first-order valence-electron chi connectivity index (χ1n) is 11.1. The van der Waals surface area contributed by atoms with Crippen molar-refractivity contribution in [2.24, 2.45) is 0 Å². The molecule has 7 nitrogen and oxygen atoms in total. The lowest BCUT2D eigenvalue weighted by molar-refractivity contribution is -0.132. The fourth-order valence-electron chi connectivity index (χ4n) is 4.56. The molecule has 1 aliphatic rings. The molecule has 4 aromatic rings. The molecule has 1 aromatic heterocycles. The predicted molar refractivity (Wildman–Crippen MR) is 134 cm³/mol. The number of fused-ring (bicyclic) bond motifs is 1. The van der Waals surface area contributed by atoms with E-state index in [-0.39, 0.29) is 11.3 Å². The summed E-state index contributed by atoms with van der Waals surface area (Å²) in [6, 6.07) is 19.0. The Kier molecular flexibility index (Phi) is 5.53. The molecule has 0 spiro atoms. The molecule has 0 saturated carbocycles. The normalized spacial score (nSPS) is 17.2. The Bertz CT molecular complexity index is 1480. The third-order valence-electron chi connectivity index (χ3n) is 6.33. The number of hydrogen-bond acceptors (Lipinski definition) is 5. The van der Waals surface area contributed by atoms with E-state index >= 15 is 0 Å². The number of aryl methyl sites for hydroxylation is 1. The smallest absolute Gasteiger partial charge is 0.300 e. The summed E-state index contributed by atoms with van der Waals surface area (Å²) in [6.07, 6.45) is 1.78. The number of H-pyrrole nitrogens is 1. The molecule has 176 valence electrons. The SMILES string of the molecule is COc1ccc(/C(O)=C2\C(=O)C(=O)N(c3ccc(C)cc3)C2c2c[nH]c3ccccc23)cc1OC. The molecule has 7 heteroatoms. The topological polar surface area (TPSA) is 91.9 Å². The molecule has 0 bridgehead atoms. The molecule has 1 atom stereocenters. The van der Waals surface area contributed by atoms with Crippen molar-refractivity contribution in [3.63, 3.8) is 0 Å². The van der Waals surface area contributed by atoms with E-state index in [0.29, 0.717) is 28.3 Å². The van der Waals surface area contributed by atoms with Crippen LogP contribution in [0.4, 0.5) is 5.69 Å². The van der Waals surface area contributed by atoms with E-state index in [4.69, 9.17) is 9.47 Å². The van der Waals surface area contributed by atoms with E-state index in [1.54, 1.807) is 36.5 Å². The van der Waals surface area contributed by atoms with Crippen LogP contribution in [0, 0.1) is 6.92 Å². The number of benzene rings is 3. The summed E-state index contributed by atoms with van der Waals surface area (Å²) in [4.78, 5) is 31.5. The number of para-hydroxylation sites is 1. The number of methoxy groups -OCH3 is 2. The molecule has 35 heavy (non-hydrogen) atoms. The quantitative estimate of drug-likeness (QED) is 0.241. The van der Waals surface area contributed by atoms with Gasteiger partial charge in [0.25, 0.3) is 11.7 Å². The van der Waals surface area contributed by atoms with Crippen LogP contribution >= 0.6 is 0 Å². The van der Waals surface area contributed by atoms with Crippen molar-refractivity contribution >= 4 is 34.0 Å². The van der Waals surface area contributed by atoms with Crippen molar-refractivity contribution < 1.29 is 24.2 Å². The number of nitrogens with zero attached hydrogens (tertiary/aromatic N) is 1. The number of anilines is 1. The van der Waals surface area contributed by atoms with Crippen LogP contribution in [0.1, 0.15) is 22.7 Å². The fourth-order valence-corrected chi connectivity index (χ4v) is 4.56. The van der Waals surface area contributed by atoms with Gasteiger partial charge in [0, 0.05) is 33.9 Å². The highest BCUT2D eigenvalue weighted by Crippen LogP contribution is 2.44. The molecule has 1 unspecified atom stereocenters. The number of carbonyl (C=O) groups excluding carboxylic acids is 2. The van der Waals surface area contributed by atoms with Crippen molar-refractivity contribution in [2.45, 2.75) is 13.0 Å². The van der Waals surface area contributed by atoms with Crippen LogP contribution in [0.25, 0.3) is 16.7 Å². The molecule has 1 aliphatic heterocycles. The summed E-state index contributed by atoms with van der Waals surface area (Å²) >= 11 is 0. The van der Waals surface area contributed by atoms with Gasteiger partial charge in [-0.05, 0) is 43.3 Å². The van der Waals surface area contributed by atoms with Crippen molar-refractivity contribution in [3.05, 3.63) is 95.2 Å². The Balaban J connectivity index is 1.76. The van der Waals surface area contributed by atoms with Gasteiger partial charge in [0.15, 0.2) is 11.5 Å². The number of rotatable bonds is 5. The standard InChI is InChI=1S/C28H24N2O5/c1-16-8-11-18(12-9-16)30-25(20-15-29-21-7-5-4-6-19(20)21)24(27(32)28(30)33)26(31)17-10-13-22(34-2)23(14-17)35-3/h4-15,25,29,31H,1-3H3/b26-24+. The maximum atomic E-state index is 13.4. The maximum Gasteiger partial charge on any atom is 0.300 e. The highest BCUT2D eigenvalue weighted by atomic mass is 16.5. The second-order valence-electron chi connectivity index (χ2n) is 8.36. The van der Waals surface area contributed by atoms with Crippen LogP contribution in [0.15, 0.2) is 78.5 Å². The van der Waals surface area contributed by atoms with Crippen LogP contribution < -0.4 is 14.4 Å². The van der Waals surface area contributed by atoms with Crippen LogP contribution in [-0.4, -0.2) is 36.0 Å². The van der Waals surface area contributed by atoms with Gasteiger partial charge in [-0.3, -0.25) is 14.5 Å². The number of aliphatic hydroxyl groups excluding tert-OH is 1. The second-order valence-corrected chi connectivity index (χ2v) is 8.36. The van der Waals surface area contributed by atoms with Gasteiger partial charge in [0.1, 0.15) is 5.76 Å². The number of hydrogen-bond donors (Lipinski definition) is 2. The number of nitrogens with one attached hydrogen (secondary N) is 1. The molecule has 5 rings (SSSR count). The van der Waals surface area contributed by atoms with Crippen molar-refractivity contribution in [3.8, 4) is 11.5 Å². The minimum absolute atomic E-state index is 0.00699. The predicted octanol–water partition coefficient (Wildman–Crippen LogP) is 5.12. The number of Topliss-reactive ketones (excluding diaryl/α,β-unsaturated/α-hetero) is 1. The van der Waals surface area contributed by atoms with E-state index < -0.39 is 17.7 Å². The Morgan fingerprint density at radius 3 is 2.37 bits per heavy atom. The highest BCUT2D eigenvalue weighted by Gasteiger charge is 2.47. The van der Waals surface area contributed by atoms with E-state index in [0.717, 1.165) is 16.5 Å². The highest BCUT2D eigenvalue weighted by molar-refractivity contribution is 6.51. The minimum atomic E-state index is -0.832. The van der Waals surface area contributed by atoms with Crippen LogP contribution in [-0.2, 0) is 9.59 Å². The number of ketones is 1. The number of ether oxygens (including phenoxy) is 2. The monoisotopic (exact) mass is 468 g/mol. The Labute approximate surface area is 202 Å². The summed E-state index contributed by atoms with van der Waals surface area (Å²) in [7, 11) is 3.01. The van der Waals surface area contributed by atoms with Crippen molar-refractivity contribution in [2.75, 3.05) is 19.1 Å². The average Bonchev–Trinajstić information content (AvgIpc) is 3.42. The zero-order chi connectivity index (χ0) is 24.7. The maximum absolute atomic E-state index is 13.4. The first-order chi connectivity index (χ1) is 16.9. The van der Waals surface area contributed by atoms with Gasteiger partial charge in [-0.1, -0.05) is 35.9 Å². The minimum Gasteiger partial charge on any atom is -0.507 e. The number of aliphatic hydroxyl groups is 1. The van der Waals surface area contributed by atoms with Crippen LogP contribution in [0.3, 0.4) is 0 Å². The molecule has 3 aromatic carbocycles. The average molecular weight is 469 g/mol. The van der Waals surface area contributed by atoms with Crippen LogP contribution in [0.5, 0.6) is 11.5 Å². The van der Waals surface area contributed by atoms with E-state index in [1.807, 2.05) is 43.3 Å². The van der Waals surface area contributed by atoms with Gasteiger partial charge in [-0.2, -0.15) is 0 Å². The van der Waals surface area contributed by atoms with Gasteiger partial charge in [0.2, 0.25) is 0 Å². The van der Waals surface area contributed by atoms with Gasteiger partial charge >= 0.3 is 0 Å². The summed E-state index contributed by atoms with van der Waals surface area (Å²) in [5.41, 5.74) is 3.52. The molecule has 2 N–H and O–H groups in total. The van der Waals surface area contributed by atoms with E-state index in [9.17, 15) is 14.7 Å². The van der Waals surface area contributed by atoms with Crippen LogP contribution in [0.2, 0.25) is 0 Å². The summed E-state index contributed by atoms with van der Waals surface area (Å²) in [6.45, 7) is 1.95. The molecular formula is C28H24N2O5. The largest absolute Gasteiger partial charge is 0.507 e. The number of amides is 1. The summed E-state index contributed by atoms with van der Waals surface area (Å²) in [5, 5.41) is 12.3. The number of carbonyl (C=O) groups is 2. The molecular weight excluding hydrogens is 444 g/mol. The molecule has 0 radical (unpaired) electrons. The first-order valence-corrected chi connectivity index (χ1v) is 11.1. The third-order valence-corrected chi connectivity index (χ3v) is 6.33. The number of aromatic amines is 1. The molecule has 2 heterocycles. The Morgan fingerprint density at radius 1 is 0.943 bits per heavy atom. The van der Waals surface area contributed by atoms with Gasteiger partial charge < -0.3 is 19.6 Å². The lowest BCUT2D eigenvalue weighted by atomic mass is 9.94. The molecule has 0 aliphatic carbocycles. The second kappa shape index (κ2) is 8.68. The zero-order valence-electron chi connectivity index (χ0n) is 19.5. The van der Waals surface area contributed by atoms with E-state index in [2.05, 4.69) is 4.98 Å². The van der Waals surface area contributed by atoms with Crippen molar-refractivity contribution in [1.29, 1.82) is 0 Å². The van der Waals surface area contributed by atoms with E-state index in [1.165, 1.54) is 19.1 Å². The van der Waals surface area contributed by atoms with Gasteiger partial charge in [0.05, 0.1) is 25.8 Å². The molecule has 1 saturated heterocycles. The van der Waals surface area contributed by atoms with Gasteiger partial charge in [-0.25, -0.2) is 0 Å². The lowest BCUT2D eigenvalue weighted by Crippen LogP contribution is -2.29. The molecule has 1 fully saturated rings.